The first-order valence-electron chi connectivity index (χ1n) is 12.6. The molecule has 3 heterocycles. The van der Waals surface area contributed by atoms with Crippen LogP contribution in [-0.2, 0) is 14.3 Å². The lowest BCUT2D eigenvalue weighted by Crippen LogP contribution is -2.41. The molecule has 0 saturated heterocycles. The number of halogens is 1. The van der Waals surface area contributed by atoms with Crippen molar-refractivity contribution in [1.29, 1.82) is 0 Å². The van der Waals surface area contributed by atoms with Gasteiger partial charge in [0.15, 0.2) is 4.80 Å². The van der Waals surface area contributed by atoms with Crippen LogP contribution >= 0.6 is 27.3 Å². The summed E-state index contributed by atoms with van der Waals surface area (Å²) in [6, 6.07) is 16.1. The molecule has 1 aromatic heterocycles. The second-order valence-electron chi connectivity index (χ2n) is 9.43. The average molecular weight is 619 g/mol. The average Bonchev–Trinajstić information content (AvgIpc) is 3.38. The van der Waals surface area contributed by atoms with Crippen LogP contribution < -0.4 is 24.5 Å². The zero-order valence-electron chi connectivity index (χ0n) is 22.1. The highest BCUT2D eigenvalue weighted by Gasteiger charge is 2.38. The van der Waals surface area contributed by atoms with Gasteiger partial charge in [-0.15, -0.1) is 0 Å². The number of carbonyl (C=O) groups is 2. The van der Waals surface area contributed by atoms with E-state index in [1.165, 1.54) is 9.47 Å². The number of likely N-dealkylation sites (N-methyl/N-ethyl adjacent to an activating group) is 1. The molecule has 0 spiro atoms. The van der Waals surface area contributed by atoms with Crippen LogP contribution in [0.1, 0.15) is 31.0 Å². The van der Waals surface area contributed by atoms with Crippen molar-refractivity contribution >= 4 is 61.2 Å². The fourth-order valence-corrected chi connectivity index (χ4v) is 6.96. The van der Waals surface area contributed by atoms with Gasteiger partial charge in [0.1, 0.15) is 16.3 Å². The summed E-state index contributed by atoms with van der Waals surface area (Å²) in [5.41, 5.74) is 2.60. The molecular weight excluding hydrogens is 594 g/mol. The first-order chi connectivity index (χ1) is 19.3. The summed E-state index contributed by atoms with van der Waals surface area (Å²) in [7, 11) is 3.24. The van der Waals surface area contributed by atoms with Crippen LogP contribution in [-0.4, -0.2) is 37.2 Å². The normalized spacial score (nSPS) is 17.6. The number of methoxy groups -OCH3 is 1. The van der Waals surface area contributed by atoms with E-state index in [2.05, 4.69) is 20.9 Å². The Morgan fingerprint density at radius 2 is 1.90 bits per heavy atom. The van der Waals surface area contributed by atoms with Gasteiger partial charge in [-0.2, -0.15) is 0 Å². The van der Waals surface area contributed by atoms with E-state index in [0.29, 0.717) is 38.6 Å². The quantitative estimate of drug-likeness (QED) is 0.322. The molecule has 6 rings (SSSR count). The van der Waals surface area contributed by atoms with Gasteiger partial charge in [-0.3, -0.25) is 14.2 Å². The molecule has 0 saturated carbocycles. The molecule has 0 unspecified atom stereocenters. The summed E-state index contributed by atoms with van der Waals surface area (Å²) >= 11 is 4.63. The van der Waals surface area contributed by atoms with Crippen LogP contribution in [0.5, 0.6) is 5.75 Å². The van der Waals surface area contributed by atoms with Crippen LogP contribution in [0.3, 0.4) is 0 Å². The SMILES string of the molecule is CCOC(=O)C1=C(C)N=c2s/c(=C3\C(=O)N(C)c4ccc(Br)cc43)c(=O)n2[C@H]1c1c(OC)ccc2ccccc12. The molecule has 2 aliphatic heterocycles. The minimum atomic E-state index is -0.887. The minimum absolute atomic E-state index is 0.163. The van der Waals surface area contributed by atoms with Crippen LogP contribution in [0.25, 0.3) is 16.3 Å². The van der Waals surface area contributed by atoms with E-state index in [1.54, 1.807) is 28.0 Å². The number of allylic oxidation sites excluding steroid dienone is 1. The summed E-state index contributed by atoms with van der Waals surface area (Å²) in [5.74, 6) is -0.323. The van der Waals surface area contributed by atoms with Crippen molar-refractivity contribution in [2.45, 2.75) is 19.9 Å². The third-order valence-electron chi connectivity index (χ3n) is 7.25. The summed E-state index contributed by atoms with van der Waals surface area (Å²) in [5, 5.41) is 1.75. The number of thiazole rings is 1. The van der Waals surface area contributed by atoms with Gasteiger partial charge in [0.25, 0.3) is 11.5 Å². The van der Waals surface area contributed by atoms with Crippen molar-refractivity contribution in [3.63, 3.8) is 0 Å². The number of fused-ring (bicyclic) bond motifs is 3. The van der Waals surface area contributed by atoms with Crippen LogP contribution in [0, 0.1) is 0 Å². The van der Waals surface area contributed by atoms with Crippen LogP contribution in [0.2, 0.25) is 0 Å². The molecule has 2 aliphatic rings. The van der Waals surface area contributed by atoms with Gasteiger partial charge in [-0.25, -0.2) is 9.79 Å². The first kappa shape index (κ1) is 26.2. The van der Waals surface area contributed by atoms with Crippen molar-refractivity contribution in [1.82, 2.24) is 4.57 Å². The molecule has 0 fully saturated rings. The minimum Gasteiger partial charge on any atom is -0.496 e. The highest BCUT2D eigenvalue weighted by molar-refractivity contribution is 9.10. The number of esters is 1. The van der Waals surface area contributed by atoms with Crippen molar-refractivity contribution in [3.05, 3.63) is 101 Å². The largest absolute Gasteiger partial charge is 0.496 e. The number of nitrogens with zero attached hydrogens (tertiary/aromatic N) is 3. The van der Waals surface area contributed by atoms with Gasteiger partial charge in [0.2, 0.25) is 0 Å². The third-order valence-corrected chi connectivity index (χ3v) is 8.80. The second-order valence-corrected chi connectivity index (χ2v) is 11.3. The summed E-state index contributed by atoms with van der Waals surface area (Å²) in [4.78, 5) is 47.9. The van der Waals surface area contributed by atoms with Crippen molar-refractivity contribution < 1.29 is 19.1 Å². The van der Waals surface area contributed by atoms with Gasteiger partial charge >= 0.3 is 5.97 Å². The Morgan fingerprint density at radius 3 is 2.65 bits per heavy atom. The Balaban J connectivity index is 1.74. The lowest BCUT2D eigenvalue weighted by Gasteiger charge is -2.27. The number of ether oxygens (including phenoxy) is 2. The monoisotopic (exact) mass is 617 g/mol. The lowest BCUT2D eigenvalue weighted by molar-refractivity contribution is -0.139. The highest BCUT2D eigenvalue weighted by Crippen LogP contribution is 2.41. The van der Waals surface area contributed by atoms with Gasteiger partial charge in [0, 0.05) is 22.6 Å². The van der Waals surface area contributed by atoms with E-state index in [1.807, 2.05) is 54.6 Å². The molecule has 10 heteroatoms. The molecule has 40 heavy (non-hydrogen) atoms. The molecule has 1 amide bonds. The summed E-state index contributed by atoms with van der Waals surface area (Å²) in [6.45, 7) is 3.63. The standard InChI is InChI=1S/C30H24BrN3O5S/c1-5-39-29(37)22-15(2)32-30-34(25(22)23-18-9-7-6-8-16(18)10-13-21(23)38-4)28(36)26(40-30)24-19-14-17(31)11-12-20(19)33(3)27(24)35/h6-14,25H,5H2,1-4H3/b26-24-/t25-/m1/s1. The summed E-state index contributed by atoms with van der Waals surface area (Å²) < 4.78 is 13.8. The fourth-order valence-electron chi connectivity index (χ4n) is 5.46. The number of carbonyl (C=O) groups excluding carboxylic acids is 2. The maximum Gasteiger partial charge on any atom is 0.338 e. The Hall–Kier alpha value is -4.02. The highest BCUT2D eigenvalue weighted by atomic mass is 79.9. The van der Waals surface area contributed by atoms with E-state index in [0.717, 1.165) is 26.6 Å². The molecule has 202 valence electrons. The molecule has 8 nitrogen and oxygen atoms in total. The molecule has 0 aliphatic carbocycles. The van der Waals surface area contributed by atoms with E-state index in [9.17, 15) is 14.4 Å². The predicted octanol–water partition coefficient (Wildman–Crippen LogP) is 4.07. The van der Waals surface area contributed by atoms with Crippen LogP contribution in [0.4, 0.5) is 5.69 Å². The topological polar surface area (TPSA) is 90.2 Å². The Morgan fingerprint density at radius 1 is 1.12 bits per heavy atom. The number of aromatic nitrogens is 1. The maximum absolute atomic E-state index is 14.4. The zero-order valence-corrected chi connectivity index (χ0v) is 24.6. The van der Waals surface area contributed by atoms with Crippen LogP contribution in [0.15, 0.2) is 80.1 Å². The molecule has 0 bridgehead atoms. The van der Waals surface area contributed by atoms with Gasteiger partial charge in [-0.05, 0) is 48.9 Å². The number of hydrogen-bond donors (Lipinski definition) is 0. The van der Waals surface area contributed by atoms with Gasteiger partial charge in [-0.1, -0.05) is 57.6 Å². The van der Waals surface area contributed by atoms with Gasteiger partial charge in [0.05, 0.1) is 36.2 Å². The molecule has 0 N–H and O–H groups in total. The van der Waals surface area contributed by atoms with Crippen molar-refractivity contribution in [2.24, 2.45) is 4.99 Å². The van der Waals surface area contributed by atoms with E-state index in [4.69, 9.17) is 9.47 Å². The fraction of sp³-hybridized carbons (Fsp3) is 0.200. The third kappa shape index (κ3) is 3.85. The van der Waals surface area contributed by atoms with E-state index >= 15 is 0 Å². The molecule has 0 radical (unpaired) electrons. The predicted molar refractivity (Wildman–Crippen MR) is 157 cm³/mol. The van der Waals surface area contributed by atoms with E-state index < -0.39 is 17.6 Å². The molecule has 3 aromatic carbocycles. The Labute approximate surface area is 241 Å². The maximum atomic E-state index is 14.4. The van der Waals surface area contributed by atoms with Gasteiger partial charge < -0.3 is 14.4 Å². The molecule has 4 aromatic rings. The number of rotatable bonds is 4. The number of hydrogen-bond acceptors (Lipinski definition) is 7. The lowest BCUT2D eigenvalue weighted by atomic mass is 9.90. The summed E-state index contributed by atoms with van der Waals surface area (Å²) in [6.07, 6.45) is 0. The van der Waals surface area contributed by atoms with Crippen molar-refractivity contribution in [3.8, 4) is 5.75 Å². The number of anilines is 1. The van der Waals surface area contributed by atoms with E-state index in [-0.39, 0.29) is 22.6 Å². The molecule has 1 atom stereocenters. The Bertz CT molecular complexity index is 1970. The number of benzene rings is 3. The second kappa shape index (κ2) is 9.87. The first-order valence-corrected chi connectivity index (χ1v) is 14.2. The molecular formula is C30H24BrN3O5S. The zero-order chi connectivity index (χ0) is 28.3. The van der Waals surface area contributed by atoms with Crippen molar-refractivity contribution in [2.75, 3.05) is 25.7 Å². The Kier molecular flexibility index (Phi) is 6.47. The smallest absolute Gasteiger partial charge is 0.338 e. The number of amides is 1.